The summed E-state index contributed by atoms with van der Waals surface area (Å²) in [7, 11) is 0. The van der Waals surface area contributed by atoms with Crippen LogP contribution < -0.4 is 0 Å². The van der Waals surface area contributed by atoms with Crippen LogP contribution in [0.25, 0.3) is 21.7 Å². The zero-order valence-electron chi connectivity index (χ0n) is 12.7. The second kappa shape index (κ2) is 7.07. The molecule has 0 amide bonds. The lowest BCUT2D eigenvalue weighted by Gasteiger charge is -2.03. The van der Waals surface area contributed by atoms with Crippen LogP contribution in [0.5, 0.6) is 0 Å². The second-order valence-corrected chi connectivity index (χ2v) is 8.26. The van der Waals surface area contributed by atoms with Gasteiger partial charge in [0.05, 0.1) is 5.69 Å². The molecule has 3 aromatic rings. The SMILES string of the molecule is Brc1nc(-c2ccc(-c3cccs3)cc2)c(C2CC2)s1.CC. The summed E-state index contributed by atoms with van der Waals surface area (Å²) in [4.78, 5) is 7.44. The summed E-state index contributed by atoms with van der Waals surface area (Å²) in [6.07, 6.45) is 2.63. The molecule has 114 valence electrons. The maximum absolute atomic E-state index is 4.67. The van der Waals surface area contributed by atoms with Gasteiger partial charge in [0.25, 0.3) is 0 Å². The van der Waals surface area contributed by atoms with E-state index in [-0.39, 0.29) is 0 Å². The summed E-state index contributed by atoms with van der Waals surface area (Å²) in [5.41, 5.74) is 3.68. The highest BCUT2D eigenvalue weighted by Crippen LogP contribution is 2.48. The van der Waals surface area contributed by atoms with E-state index in [4.69, 9.17) is 0 Å². The van der Waals surface area contributed by atoms with Crippen molar-refractivity contribution in [3.8, 4) is 21.7 Å². The summed E-state index contributed by atoms with van der Waals surface area (Å²) >= 11 is 7.10. The van der Waals surface area contributed by atoms with Crippen LogP contribution in [0.3, 0.4) is 0 Å². The van der Waals surface area contributed by atoms with E-state index in [0.29, 0.717) is 0 Å². The Labute approximate surface area is 148 Å². The number of thiazole rings is 1. The fourth-order valence-electron chi connectivity index (χ4n) is 2.37. The minimum absolute atomic E-state index is 0.741. The molecule has 0 bridgehead atoms. The van der Waals surface area contributed by atoms with Gasteiger partial charge >= 0.3 is 0 Å². The monoisotopic (exact) mass is 391 g/mol. The molecule has 1 fully saturated rings. The van der Waals surface area contributed by atoms with Crippen LogP contribution in [-0.4, -0.2) is 4.98 Å². The van der Waals surface area contributed by atoms with Gasteiger partial charge in [-0.25, -0.2) is 4.98 Å². The molecule has 1 aliphatic rings. The highest BCUT2D eigenvalue weighted by molar-refractivity contribution is 9.11. The number of aromatic nitrogens is 1. The quantitative estimate of drug-likeness (QED) is 0.459. The van der Waals surface area contributed by atoms with Gasteiger partial charge in [0, 0.05) is 15.3 Å². The lowest BCUT2D eigenvalue weighted by atomic mass is 10.1. The number of rotatable bonds is 3. The maximum atomic E-state index is 4.67. The molecule has 0 spiro atoms. The Morgan fingerprint density at radius 1 is 1.05 bits per heavy atom. The third-order valence-electron chi connectivity index (χ3n) is 3.54. The molecule has 0 radical (unpaired) electrons. The Morgan fingerprint density at radius 2 is 1.73 bits per heavy atom. The molecule has 0 unspecified atom stereocenters. The first-order valence-corrected chi connectivity index (χ1v) is 10.1. The van der Waals surface area contributed by atoms with E-state index in [1.807, 2.05) is 13.8 Å². The van der Waals surface area contributed by atoms with Crippen molar-refractivity contribution < 1.29 is 0 Å². The van der Waals surface area contributed by atoms with E-state index in [1.54, 1.807) is 22.7 Å². The summed E-state index contributed by atoms with van der Waals surface area (Å²) < 4.78 is 0.997. The third kappa shape index (κ3) is 3.34. The lowest BCUT2D eigenvalue weighted by molar-refractivity contribution is 1.16. The third-order valence-corrected chi connectivity index (χ3v) is 6.13. The molecule has 4 rings (SSSR count). The van der Waals surface area contributed by atoms with E-state index in [0.717, 1.165) is 9.83 Å². The van der Waals surface area contributed by atoms with E-state index in [2.05, 4.69) is 62.7 Å². The second-order valence-electron chi connectivity index (χ2n) is 5.01. The molecule has 4 heteroatoms. The Hall–Kier alpha value is -0.970. The maximum Gasteiger partial charge on any atom is 0.160 e. The molecule has 0 saturated heterocycles. The molecule has 1 saturated carbocycles. The summed E-state index contributed by atoms with van der Waals surface area (Å²) in [6.45, 7) is 4.00. The molecule has 1 aromatic carbocycles. The predicted octanol–water partition coefficient (Wildman–Crippen LogP) is 7.20. The van der Waals surface area contributed by atoms with Crippen molar-refractivity contribution in [3.63, 3.8) is 0 Å². The minimum atomic E-state index is 0.741. The summed E-state index contributed by atoms with van der Waals surface area (Å²) in [6, 6.07) is 13.0. The van der Waals surface area contributed by atoms with Gasteiger partial charge in [0.15, 0.2) is 3.92 Å². The van der Waals surface area contributed by atoms with Gasteiger partial charge in [-0.1, -0.05) is 44.2 Å². The van der Waals surface area contributed by atoms with E-state index < -0.39 is 0 Å². The van der Waals surface area contributed by atoms with Crippen molar-refractivity contribution in [2.24, 2.45) is 0 Å². The number of nitrogens with zero attached hydrogens (tertiary/aromatic N) is 1. The van der Waals surface area contributed by atoms with Gasteiger partial charge in [-0.2, -0.15) is 0 Å². The van der Waals surface area contributed by atoms with Crippen LogP contribution in [0.15, 0.2) is 45.7 Å². The van der Waals surface area contributed by atoms with Crippen LogP contribution in [-0.2, 0) is 0 Å². The fourth-order valence-corrected chi connectivity index (χ4v) is 4.78. The van der Waals surface area contributed by atoms with Gasteiger partial charge in [-0.05, 0) is 51.7 Å². The van der Waals surface area contributed by atoms with Crippen molar-refractivity contribution in [1.29, 1.82) is 0 Å². The standard InChI is InChI=1S/C16H12BrNS2.C2H6/c17-16-18-14(15(20-16)12-7-8-12)11-5-3-10(4-6-11)13-2-1-9-19-13;1-2/h1-6,9,12H,7-8H2;1-2H3. The highest BCUT2D eigenvalue weighted by atomic mass is 79.9. The Morgan fingerprint density at radius 3 is 2.32 bits per heavy atom. The summed E-state index contributed by atoms with van der Waals surface area (Å²) in [5.74, 6) is 0.741. The van der Waals surface area contributed by atoms with Crippen molar-refractivity contribution in [2.75, 3.05) is 0 Å². The topological polar surface area (TPSA) is 12.9 Å². The molecule has 2 aromatic heterocycles. The Balaban J connectivity index is 0.000000693. The normalized spacial score (nSPS) is 13.6. The number of hydrogen-bond donors (Lipinski definition) is 0. The van der Waals surface area contributed by atoms with Crippen LogP contribution in [0.2, 0.25) is 0 Å². The first-order valence-electron chi connectivity index (χ1n) is 7.62. The molecule has 0 aliphatic heterocycles. The summed E-state index contributed by atoms with van der Waals surface area (Å²) in [5, 5.41) is 2.12. The molecule has 1 nitrogen and oxygen atoms in total. The molecular formula is C18H18BrNS2. The Bertz CT molecular complexity index is 725. The van der Waals surface area contributed by atoms with Gasteiger partial charge in [0.1, 0.15) is 0 Å². The largest absolute Gasteiger partial charge is 0.229 e. The molecule has 22 heavy (non-hydrogen) atoms. The van der Waals surface area contributed by atoms with Crippen LogP contribution in [0, 0.1) is 0 Å². The smallest absolute Gasteiger partial charge is 0.160 e. The van der Waals surface area contributed by atoms with Crippen LogP contribution in [0.4, 0.5) is 0 Å². The van der Waals surface area contributed by atoms with Crippen molar-refractivity contribution in [3.05, 3.63) is 50.6 Å². The van der Waals surface area contributed by atoms with E-state index >= 15 is 0 Å². The zero-order valence-corrected chi connectivity index (χ0v) is 15.9. The van der Waals surface area contributed by atoms with Crippen LogP contribution in [0.1, 0.15) is 37.5 Å². The number of halogens is 1. The highest BCUT2D eigenvalue weighted by Gasteiger charge is 2.29. The average Bonchev–Trinajstić information content (AvgIpc) is 3.11. The van der Waals surface area contributed by atoms with Gasteiger partial charge < -0.3 is 0 Å². The van der Waals surface area contributed by atoms with Gasteiger partial charge in [-0.15, -0.1) is 22.7 Å². The molecular weight excluding hydrogens is 374 g/mol. The molecule has 1 aliphatic carbocycles. The van der Waals surface area contributed by atoms with E-state index in [1.165, 1.54) is 39.4 Å². The average molecular weight is 392 g/mol. The molecule has 0 N–H and O–H groups in total. The van der Waals surface area contributed by atoms with Crippen molar-refractivity contribution in [2.45, 2.75) is 32.6 Å². The number of hydrogen-bond acceptors (Lipinski definition) is 3. The predicted molar refractivity (Wildman–Crippen MR) is 102 cm³/mol. The Kier molecular flexibility index (Phi) is 5.11. The van der Waals surface area contributed by atoms with Gasteiger partial charge in [0.2, 0.25) is 0 Å². The first kappa shape index (κ1) is 15.9. The fraction of sp³-hybridized carbons (Fsp3) is 0.278. The van der Waals surface area contributed by atoms with Crippen molar-refractivity contribution >= 4 is 38.6 Å². The molecule has 0 atom stereocenters. The van der Waals surface area contributed by atoms with Crippen LogP contribution >= 0.6 is 38.6 Å². The van der Waals surface area contributed by atoms with E-state index in [9.17, 15) is 0 Å². The minimum Gasteiger partial charge on any atom is -0.229 e. The number of thiophene rings is 1. The number of benzene rings is 1. The zero-order chi connectivity index (χ0) is 15.5. The van der Waals surface area contributed by atoms with Crippen molar-refractivity contribution in [1.82, 2.24) is 4.98 Å². The van der Waals surface area contributed by atoms with Gasteiger partial charge in [-0.3, -0.25) is 0 Å². The first-order chi connectivity index (χ1) is 10.8. The lowest BCUT2D eigenvalue weighted by Crippen LogP contribution is -1.83. The molecule has 2 heterocycles.